The zero-order valence-electron chi connectivity index (χ0n) is 11.2. The molecule has 0 radical (unpaired) electrons. The summed E-state index contributed by atoms with van der Waals surface area (Å²) < 4.78 is 19.4. The lowest BCUT2D eigenvalue weighted by Crippen LogP contribution is -1.90. The molecule has 0 aliphatic heterocycles. The second-order valence-electron chi connectivity index (χ2n) is 4.78. The van der Waals surface area contributed by atoms with E-state index in [9.17, 15) is 4.39 Å². The van der Waals surface area contributed by atoms with Gasteiger partial charge in [0, 0.05) is 0 Å². The summed E-state index contributed by atoms with van der Waals surface area (Å²) in [6.45, 7) is 2.11. The number of benzene rings is 2. The molecular formula is C16H15FN2O. The summed E-state index contributed by atoms with van der Waals surface area (Å²) in [4.78, 5) is 4.36. The Morgan fingerprint density at radius 3 is 2.80 bits per heavy atom. The molecule has 0 atom stereocenters. The van der Waals surface area contributed by atoms with Gasteiger partial charge in [0.15, 0.2) is 5.58 Å². The molecule has 1 heterocycles. The van der Waals surface area contributed by atoms with Crippen LogP contribution in [0.1, 0.15) is 18.9 Å². The Kier molecular flexibility index (Phi) is 3.14. The van der Waals surface area contributed by atoms with Gasteiger partial charge < -0.3 is 10.2 Å². The molecular weight excluding hydrogens is 255 g/mol. The van der Waals surface area contributed by atoms with Crippen LogP contribution in [0.25, 0.3) is 22.6 Å². The van der Waals surface area contributed by atoms with E-state index in [1.165, 1.54) is 6.07 Å². The lowest BCUT2D eigenvalue weighted by molar-refractivity contribution is 0.594. The number of rotatable bonds is 3. The van der Waals surface area contributed by atoms with E-state index in [1.807, 2.05) is 12.1 Å². The van der Waals surface area contributed by atoms with Crippen molar-refractivity contribution in [2.24, 2.45) is 0 Å². The highest BCUT2D eigenvalue weighted by Crippen LogP contribution is 2.30. The van der Waals surface area contributed by atoms with Gasteiger partial charge in [0.25, 0.3) is 0 Å². The highest BCUT2D eigenvalue weighted by molar-refractivity contribution is 5.87. The molecule has 2 N–H and O–H groups in total. The van der Waals surface area contributed by atoms with Crippen molar-refractivity contribution >= 4 is 16.8 Å². The Labute approximate surface area is 116 Å². The lowest BCUT2D eigenvalue weighted by Gasteiger charge is -2.00. The zero-order chi connectivity index (χ0) is 14.1. The second kappa shape index (κ2) is 4.96. The fourth-order valence-corrected chi connectivity index (χ4v) is 2.30. The standard InChI is InChI=1S/C16H15FN2O/c1-2-5-10-8-13(18)15-14(9-10)19-16(20-15)11-6-3-4-7-12(11)17/h3-4,6-9H,2,5,18H2,1H3. The molecule has 102 valence electrons. The highest BCUT2D eigenvalue weighted by atomic mass is 19.1. The maximum Gasteiger partial charge on any atom is 0.230 e. The van der Waals surface area contributed by atoms with Crippen molar-refractivity contribution in [1.29, 1.82) is 0 Å². The maximum absolute atomic E-state index is 13.8. The molecule has 0 aliphatic rings. The first-order chi connectivity index (χ1) is 9.69. The molecule has 0 aliphatic carbocycles. The molecule has 3 nitrogen and oxygen atoms in total. The Morgan fingerprint density at radius 1 is 1.25 bits per heavy atom. The average Bonchev–Trinajstić information content (AvgIpc) is 2.84. The van der Waals surface area contributed by atoms with Gasteiger partial charge in [-0.1, -0.05) is 25.5 Å². The van der Waals surface area contributed by atoms with Crippen LogP contribution in [0.5, 0.6) is 0 Å². The van der Waals surface area contributed by atoms with E-state index >= 15 is 0 Å². The minimum Gasteiger partial charge on any atom is -0.434 e. The third kappa shape index (κ3) is 2.13. The van der Waals surface area contributed by atoms with E-state index < -0.39 is 0 Å². The normalized spacial score (nSPS) is 11.1. The van der Waals surface area contributed by atoms with Crippen molar-refractivity contribution in [3.63, 3.8) is 0 Å². The van der Waals surface area contributed by atoms with Gasteiger partial charge in [-0.05, 0) is 36.2 Å². The van der Waals surface area contributed by atoms with Gasteiger partial charge in [0.2, 0.25) is 5.89 Å². The van der Waals surface area contributed by atoms with Gasteiger partial charge in [0.05, 0.1) is 11.3 Å². The topological polar surface area (TPSA) is 52.0 Å². The number of hydrogen-bond acceptors (Lipinski definition) is 3. The molecule has 0 amide bonds. The van der Waals surface area contributed by atoms with Crippen molar-refractivity contribution in [2.45, 2.75) is 19.8 Å². The van der Waals surface area contributed by atoms with Gasteiger partial charge in [-0.25, -0.2) is 9.37 Å². The monoisotopic (exact) mass is 270 g/mol. The van der Waals surface area contributed by atoms with Gasteiger partial charge in [-0.15, -0.1) is 0 Å². The Morgan fingerprint density at radius 2 is 2.05 bits per heavy atom. The summed E-state index contributed by atoms with van der Waals surface area (Å²) in [6, 6.07) is 10.2. The quantitative estimate of drug-likeness (QED) is 0.727. The van der Waals surface area contributed by atoms with Crippen LogP contribution < -0.4 is 5.73 Å². The van der Waals surface area contributed by atoms with E-state index in [-0.39, 0.29) is 11.7 Å². The van der Waals surface area contributed by atoms with Crippen LogP contribution >= 0.6 is 0 Å². The van der Waals surface area contributed by atoms with Crippen LogP contribution in [0.4, 0.5) is 10.1 Å². The molecule has 20 heavy (non-hydrogen) atoms. The van der Waals surface area contributed by atoms with Crippen LogP contribution in [0.2, 0.25) is 0 Å². The molecule has 3 aromatic rings. The van der Waals surface area contributed by atoms with Crippen LogP contribution in [0.3, 0.4) is 0 Å². The van der Waals surface area contributed by atoms with Crippen molar-refractivity contribution in [3.8, 4) is 11.5 Å². The van der Waals surface area contributed by atoms with Crippen LogP contribution in [-0.2, 0) is 6.42 Å². The highest BCUT2D eigenvalue weighted by Gasteiger charge is 2.14. The Balaban J connectivity index is 2.16. The zero-order valence-corrected chi connectivity index (χ0v) is 11.2. The predicted molar refractivity (Wildman–Crippen MR) is 77.8 cm³/mol. The van der Waals surface area contributed by atoms with Gasteiger partial charge in [0.1, 0.15) is 11.3 Å². The van der Waals surface area contributed by atoms with Crippen LogP contribution in [-0.4, -0.2) is 4.98 Å². The molecule has 0 fully saturated rings. The van der Waals surface area contributed by atoms with E-state index in [0.29, 0.717) is 22.4 Å². The predicted octanol–water partition coefficient (Wildman–Crippen LogP) is 4.17. The number of halogens is 1. The smallest absolute Gasteiger partial charge is 0.230 e. The summed E-state index contributed by atoms with van der Waals surface area (Å²) >= 11 is 0. The summed E-state index contributed by atoms with van der Waals surface area (Å²) in [5, 5.41) is 0. The fraction of sp³-hybridized carbons (Fsp3) is 0.188. The first-order valence-corrected chi connectivity index (χ1v) is 6.63. The first-order valence-electron chi connectivity index (χ1n) is 6.63. The van der Waals surface area contributed by atoms with Crippen molar-refractivity contribution in [2.75, 3.05) is 5.73 Å². The Bertz CT molecular complexity index is 764. The number of hydrogen-bond donors (Lipinski definition) is 1. The minimum absolute atomic E-state index is 0.262. The molecule has 0 unspecified atom stereocenters. The fourth-order valence-electron chi connectivity index (χ4n) is 2.30. The molecule has 0 saturated heterocycles. The molecule has 1 aromatic heterocycles. The van der Waals surface area contributed by atoms with Crippen molar-refractivity contribution in [1.82, 2.24) is 4.98 Å². The number of anilines is 1. The molecule has 4 heteroatoms. The van der Waals surface area contributed by atoms with Gasteiger partial charge >= 0.3 is 0 Å². The van der Waals surface area contributed by atoms with Crippen molar-refractivity contribution < 1.29 is 8.81 Å². The number of aryl methyl sites for hydroxylation is 1. The first kappa shape index (κ1) is 12.7. The molecule has 3 rings (SSSR count). The van der Waals surface area contributed by atoms with Crippen LogP contribution in [0, 0.1) is 5.82 Å². The summed E-state index contributed by atoms with van der Waals surface area (Å²) in [7, 11) is 0. The van der Waals surface area contributed by atoms with Gasteiger partial charge in [-0.2, -0.15) is 0 Å². The van der Waals surface area contributed by atoms with E-state index in [1.54, 1.807) is 18.2 Å². The molecule has 0 saturated carbocycles. The number of nitrogen functional groups attached to an aromatic ring is 1. The Hall–Kier alpha value is -2.36. The SMILES string of the molecule is CCCc1cc(N)c2oc(-c3ccccc3F)nc2c1. The number of nitrogens with zero attached hydrogens (tertiary/aromatic N) is 1. The summed E-state index contributed by atoms with van der Waals surface area (Å²) in [5.41, 5.74) is 9.19. The third-order valence-corrected chi connectivity index (χ3v) is 3.22. The van der Waals surface area contributed by atoms with Crippen LogP contribution in [0.15, 0.2) is 40.8 Å². The van der Waals surface area contributed by atoms with E-state index in [0.717, 1.165) is 18.4 Å². The third-order valence-electron chi connectivity index (χ3n) is 3.22. The van der Waals surface area contributed by atoms with E-state index in [4.69, 9.17) is 10.2 Å². The minimum atomic E-state index is -0.355. The largest absolute Gasteiger partial charge is 0.434 e. The number of oxazole rings is 1. The van der Waals surface area contributed by atoms with Crippen molar-refractivity contribution in [3.05, 3.63) is 47.8 Å². The lowest BCUT2D eigenvalue weighted by atomic mass is 10.1. The molecule has 0 spiro atoms. The second-order valence-corrected chi connectivity index (χ2v) is 4.78. The van der Waals surface area contributed by atoms with E-state index in [2.05, 4.69) is 11.9 Å². The number of aromatic nitrogens is 1. The molecule has 0 bridgehead atoms. The summed E-state index contributed by atoms with van der Waals surface area (Å²) in [5.74, 6) is -0.0927. The maximum atomic E-state index is 13.8. The number of fused-ring (bicyclic) bond motifs is 1. The average molecular weight is 270 g/mol. The number of nitrogens with two attached hydrogens (primary N) is 1. The van der Waals surface area contributed by atoms with Gasteiger partial charge in [-0.3, -0.25) is 0 Å². The molecule has 2 aromatic carbocycles. The summed E-state index contributed by atoms with van der Waals surface area (Å²) in [6.07, 6.45) is 1.96.